The third-order valence-electron chi connectivity index (χ3n) is 7.63. The Morgan fingerprint density at radius 2 is 1.47 bits per heavy atom. The monoisotopic (exact) mass is 430 g/mol. The van der Waals surface area contributed by atoms with Crippen LogP contribution in [0.4, 0.5) is 4.39 Å². The normalized spacial score (nSPS) is 18.8. The topological polar surface area (TPSA) is 0 Å². The van der Waals surface area contributed by atoms with E-state index in [1.807, 2.05) is 42.5 Å². The van der Waals surface area contributed by atoms with Crippen LogP contribution in [0.1, 0.15) is 83.1 Å². The van der Waals surface area contributed by atoms with Crippen molar-refractivity contribution in [2.24, 2.45) is 11.8 Å². The van der Waals surface area contributed by atoms with Gasteiger partial charge in [-0.05, 0) is 41.2 Å². The molecule has 1 aliphatic carbocycles. The molecule has 170 valence electrons. The van der Waals surface area contributed by atoms with Gasteiger partial charge in [0.05, 0.1) is 0 Å². The van der Waals surface area contributed by atoms with Gasteiger partial charge < -0.3 is 0 Å². The third-order valence-corrected chi connectivity index (χ3v) is 7.63. The standard InChI is InChI=1S/C31H39F/c1-2-3-4-5-7-10-24-13-15-25(16-14-24)17-18-26-19-21-30-28(23-26)20-22-29(31(30)32)27-11-8-6-9-12-27/h6,8-9,11-12,19-25H,2-5,7,10,13-18H2,1H3. The summed E-state index contributed by atoms with van der Waals surface area (Å²) in [5.74, 6) is 1.75. The Balaban J connectivity index is 1.28. The van der Waals surface area contributed by atoms with Gasteiger partial charge in [0.2, 0.25) is 0 Å². The molecule has 0 heterocycles. The first-order chi connectivity index (χ1) is 15.7. The van der Waals surface area contributed by atoms with Crippen molar-refractivity contribution < 1.29 is 4.39 Å². The molecule has 0 N–H and O–H groups in total. The van der Waals surface area contributed by atoms with Crippen LogP contribution in [-0.4, -0.2) is 0 Å². The Labute approximate surface area is 194 Å². The van der Waals surface area contributed by atoms with Gasteiger partial charge in [-0.25, -0.2) is 4.39 Å². The highest BCUT2D eigenvalue weighted by molar-refractivity contribution is 5.88. The summed E-state index contributed by atoms with van der Waals surface area (Å²) in [7, 11) is 0. The van der Waals surface area contributed by atoms with Gasteiger partial charge >= 0.3 is 0 Å². The molecule has 1 saturated carbocycles. The number of rotatable bonds is 10. The molecule has 3 aromatic rings. The third kappa shape index (κ3) is 6.00. The zero-order chi connectivity index (χ0) is 22.2. The average Bonchev–Trinajstić information content (AvgIpc) is 2.84. The molecule has 0 radical (unpaired) electrons. The van der Waals surface area contributed by atoms with Crippen LogP contribution in [0, 0.1) is 17.7 Å². The second-order valence-electron chi connectivity index (χ2n) is 9.98. The van der Waals surface area contributed by atoms with Crippen molar-refractivity contribution in [2.45, 2.75) is 84.0 Å². The Bertz CT molecular complexity index is 966. The first-order valence-corrected chi connectivity index (χ1v) is 13.0. The van der Waals surface area contributed by atoms with Crippen LogP contribution in [0.2, 0.25) is 0 Å². The van der Waals surface area contributed by atoms with Crippen LogP contribution >= 0.6 is 0 Å². The number of hydrogen-bond acceptors (Lipinski definition) is 0. The highest BCUT2D eigenvalue weighted by Crippen LogP contribution is 2.35. The van der Waals surface area contributed by atoms with Gasteiger partial charge in [0, 0.05) is 10.9 Å². The van der Waals surface area contributed by atoms with Crippen LogP contribution in [0.5, 0.6) is 0 Å². The van der Waals surface area contributed by atoms with Crippen molar-refractivity contribution in [2.75, 3.05) is 0 Å². The predicted molar refractivity (Wildman–Crippen MR) is 136 cm³/mol. The zero-order valence-corrected chi connectivity index (χ0v) is 19.8. The largest absolute Gasteiger partial charge is 0.206 e. The van der Waals surface area contributed by atoms with Crippen molar-refractivity contribution in [3.05, 3.63) is 72.0 Å². The minimum absolute atomic E-state index is 0.103. The molecule has 0 saturated heterocycles. The Kier molecular flexibility index (Phi) is 8.37. The molecule has 1 heteroatoms. The first-order valence-electron chi connectivity index (χ1n) is 13.0. The van der Waals surface area contributed by atoms with E-state index in [1.165, 1.54) is 76.2 Å². The Morgan fingerprint density at radius 3 is 2.22 bits per heavy atom. The molecule has 0 aliphatic heterocycles. The van der Waals surface area contributed by atoms with Gasteiger partial charge in [-0.2, -0.15) is 0 Å². The zero-order valence-electron chi connectivity index (χ0n) is 19.8. The number of unbranched alkanes of at least 4 members (excludes halogenated alkanes) is 4. The van der Waals surface area contributed by atoms with E-state index in [0.717, 1.165) is 34.6 Å². The molecule has 4 rings (SSSR count). The molecule has 0 aromatic heterocycles. The second kappa shape index (κ2) is 11.6. The second-order valence-corrected chi connectivity index (χ2v) is 9.98. The Morgan fingerprint density at radius 1 is 0.750 bits per heavy atom. The first kappa shape index (κ1) is 23.0. The highest BCUT2D eigenvalue weighted by Gasteiger charge is 2.20. The van der Waals surface area contributed by atoms with E-state index in [2.05, 4.69) is 25.1 Å². The molecule has 0 unspecified atom stereocenters. The van der Waals surface area contributed by atoms with E-state index < -0.39 is 0 Å². The van der Waals surface area contributed by atoms with Gasteiger partial charge in [0.15, 0.2) is 0 Å². The molecule has 0 bridgehead atoms. The van der Waals surface area contributed by atoms with E-state index in [-0.39, 0.29) is 5.82 Å². The summed E-state index contributed by atoms with van der Waals surface area (Å²) >= 11 is 0. The molecule has 0 atom stereocenters. The van der Waals surface area contributed by atoms with E-state index in [1.54, 1.807) is 0 Å². The molecule has 1 fully saturated rings. The van der Waals surface area contributed by atoms with Crippen molar-refractivity contribution in [3.63, 3.8) is 0 Å². The fourth-order valence-corrected chi connectivity index (χ4v) is 5.55. The SMILES string of the molecule is CCCCCCCC1CCC(CCc2ccc3c(F)c(-c4ccccc4)ccc3c2)CC1. The number of benzene rings is 3. The molecular weight excluding hydrogens is 391 g/mol. The number of fused-ring (bicyclic) bond motifs is 1. The van der Waals surface area contributed by atoms with Crippen LogP contribution in [-0.2, 0) is 6.42 Å². The summed E-state index contributed by atoms with van der Waals surface area (Å²) in [5.41, 5.74) is 2.97. The van der Waals surface area contributed by atoms with Crippen molar-refractivity contribution in [1.29, 1.82) is 0 Å². The lowest BCUT2D eigenvalue weighted by molar-refractivity contribution is 0.249. The Hall–Kier alpha value is -2.15. The number of halogens is 1. The smallest absolute Gasteiger partial charge is 0.138 e. The fourth-order valence-electron chi connectivity index (χ4n) is 5.55. The van der Waals surface area contributed by atoms with Gasteiger partial charge in [0.25, 0.3) is 0 Å². The molecule has 3 aromatic carbocycles. The quantitative estimate of drug-likeness (QED) is 0.281. The van der Waals surface area contributed by atoms with E-state index >= 15 is 4.39 Å². The maximum atomic E-state index is 15.1. The lowest BCUT2D eigenvalue weighted by Gasteiger charge is -2.28. The van der Waals surface area contributed by atoms with E-state index in [4.69, 9.17) is 0 Å². The minimum Gasteiger partial charge on any atom is -0.206 e. The van der Waals surface area contributed by atoms with E-state index in [9.17, 15) is 0 Å². The molecule has 32 heavy (non-hydrogen) atoms. The number of hydrogen-bond donors (Lipinski definition) is 0. The van der Waals surface area contributed by atoms with Crippen LogP contribution in [0.25, 0.3) is 21.9 Å². The van der Waals surface area contributed by atoms with Gasteiger partial charge in [-0.1, -0.05) is 132 Å². The maximum absolute atomic E-state index is 15.1. The lowest BCUT2D eigenvalue weighted by Crippen LogP contribution is -2.15. The van der Waals surface area contributed by atoms with Crippen LogP contribution in [0.15, 0.2) is 60.7 Å². The molecule has 1 aliphatic rings. The van der Waals surface area contributed by atoms with Crippen molar-refractivity contribution in [1.82, 2.24) is 0 Å². The predicted octanol–water partition coefficient (Wildman–Crippen LogP) is 9.75. The van der Waals surface area contributed by atoms with Crippen molar-refractivity contribution in [3.8, 4) is 11.1 Å². The molecule has 0 spiro atoms. The minimum atomic E-state index is -0.103. The van der Waals surface area contributed by atoms with Crippen LogP contribution < -0.4 is 0 Å². The van der Waals surface area contributed by atoms with E-state index in [0.29, 0.717) is 5.56 Å². The average molecular weight is 431 g/mol. The fraction of sp³-hybridized carbons (Fsp3) is 0.484. The summed E-state index contributed by atoms with van der Waals surface area (Å²) in [6.07, 6.45) is 16.6. The summed E-state index contributed by atoms with van der Waals surface area (Å²) in [4.78, 5) is 0. The van der Waals surface area contributed by atoms with Gasteiger partial charge in [0.1, 0.15) is 5.82 Å². The number of aryl methyl sites for hydroxylation is 1. The van der Waals surface area contributed by atoms with Gasteiger partial charge in [-0.3, -0.25) is 0 Å². The molecule has 0 nitrogen and oxygen atoms in total. The summed E-state index contributed by atoms with van der Waals surface area (Å²) in [6.45, 7) is 2.29. The summed E-state index contributed by atoms with van der Waals surface area (Å²) < 4.78 is 15.1. The summed E-state index contributed by atoms with van der Waals surface area (Å²) in [5, 5.41) is 1.75. The highest BCUT2D eigenvalue weighted by atomic mass is 19.1. The lowest BCUT2D eigenvalue weighted by atomic mass is 9.77. The van der Waals surface area contributed by atoms with Gasteiger partial charge in [-0.15, -0.1) is 0 Å². The molecule has 0 amide bonds. The molecular formula is C31H39F. The maximum Gasteiger partial charge on any atom is 0.138 e. The summed E-state index contributed by atoms with van der Waals surface area (Å²) in [6, 6.07) is 20.2. The van der Waals surface area contributed by atoms with Crippen LogP contribution in [0.3, 0.4) is 0 Å². The van der Waals surface area contributed by atoms with Crippen molar-refractivity contribution >= 4 is 10.8 Å².